The van der Waals surface area contributed by atoms with Crippen LogP contribution in [-0.2, 0) is 0 Å². The normalized spacial score (nSPS) is 36.2. The number of nitriles is 1. The highest BCUT2D eigenvalue weighted by atomic mass is 14.4. The molecule has 2 aliphatic carbocycles. The molecule has 1 heteroatoms. The van der Waals surface area contributed by atoms with Gasteiger partial charge in [0.1, 0.15) is 0 Å². The first-order valence-electron chi connectivity index (χ1n) is 8.39. The van der Waals surface area contributed by atoms with Crippen molar-refractivity contribution in [1.82, 2.24) is 0 Å². The molecule has 0 spiro atoms. The van der Waals surface area contributed by atoms with Gasteiger partial charge in [-0.2, -0.15) is 5.26 Å². The number of nitrogens with zero attached hydrogens (tertiary/aromatic N) is 1. The van der Waals surface area contributed by atoms with Crippen LogP contribution in [0, 0.1) is 35.0 Å². The number of hydrogen-bond donors (Lipinski definition) is 0. The standard InChI is InChI=1S/C18H29N/c1-2-4-15-6-10-17(11-7-15)18-12-8-16(9-13-18)5-3-14-19/h3,5,15-18H,2,4,6-13H2,1H3/t15-,16?,17-,18?. The van der Waals surface area contributed by atoms with E-state index in [2.05, 4.69) is 19.1 Å². The number of hydrogen-bond acceptors (Lipinski definition) is 1. The Bertz CT molecular complexity index is 309. The zero-order valence-corrected chi connectivity index (χ0v) is 12.5. The van der Waals surface area contributed by atoms with Crippen molar-refractivity contribution in [1.29, 1.82) is 5.26 Å². The van der Waals surface area contributed by atoms with E-state index in [4.69, 9.17) is 5.26 Å². The van der Waals surface area contributed by atoms with Crippen LogP contribution < -0.4 is 0 Å². The van der Waals surface area contributed by atoms with Crippen molar-refractivity contribution >= 4 is 0 Å². The van der Waals surface area contributed by atoms with E-state index in [1.54, 1.807) is 6.08 Å². The second-order valence-corrected chi connectivity index (χ2v) is 6.73. The average Bonchev–Trinajstić information content (AvgIpc) is 2.47. The Labute approximate surface area is 119 Å². The molecule has 0 amide bonds. The van der Waals surface area contributed by atoms with Crippen molar-refractivity contribution in [2.45, 2.75) is 71.1 Å². The Morgan fingerprint density at radius 1 is 0.947 bits per heavy atom. The van der Waals surface area contributed by atoms with E-state index in [0.717, 1.165) is 17.8 Å². The van der Waals surface area contributed by atoms with Crippen molar-refractivity contribution in [2.75, 3.05) is 0 Å². The van der Waals surface area contributed by atoms with Gasteiger partial charge in [0, 0.05) is 6.08 Å². The molecular weight excluding hydrogens is 230 g/mol. The van der Waals surface area contributed by atoms with Gasteiger partial charge in [-0.1, -0.05) is 38.7 Å². The smallest absolute Gasteiger partial charge is 0.0908 e. The zero-order chi connectivity index (χ0) is 13.5. The van der Waals surface area contributed by atoms with Gasteiger partial charge >= 0.3 is 0 Å². The minimum absolute atomic E-state index is 0.687. The summed E-state index contributed by atoms with van der Waals surface area (Å²) in [6.07, 6.45) is 18.1. The summed E-state index contributed by atoms with van der Waals surface area (Å²) in [5.41, 5.74) is 0. The summed E-state index contributed by atoms with van der Waals surface area (Å²) < 4.78 is 0. The van der Waals surface area contributed by atoms with Crippen LogP contribution in [0.1, 0.15) is 71.1 Å². The Balaban J connectivity index is 1.71. The first-order chi connectivity index (χ1) is 9.33. The van der Waals surface area contributed by atoms with Crippen LogP contribution >= 0.6 is 0 Å². The minimum Gasteiger partial charge on any atom is -0.193 e. The summed E-state index contributed by atoms with van der Waals surface area (Å²) >= 11 is 0. The topological polar surface area (TPSA) is 23.8 Å². The molecule has 0 N–H and O–H groups in total. The molecule has 0 bridgehead atoms. The lowest BCUT2D eigenvalue weighted by Gasteiger charge is -2.37. The lowest BCUT2D eigenvalue weighted by atomic mass is 9.69. The maximum Gasteiger partial charge on any atom is 0.0908 e. The van der Waals surface area contributed by atoms with E-state index in [0.29, 0.717) is 5.92 Å². The molecule has 0 unspecified atom stereocenters. The molecule has 2 saturated carbocycles. The first-order valence-corrected chi connectivity index (χ1v) is 8.39. The van der Waals surface area contributed by atoms with Crippen molar-refractivity contribution in [3.63, 3.8) is 0 Å². The van der Waals surface area contributed by atoms with Crippen LogP contribution in [0.5, 0.6) is 0 Å². The predicted molar refractivity (Wildman–Crippen MR) is 80.6 cm³/mol. The fourth-order valence-corrected chi connectivity index (χ4v) is 4.34. The van der Waals surface area contributed by atoms with E-state index < -0.39 is 0 Å². The average molecular weight is 259 g/mol. The molecule has 106 valence electrons. The number of rotatable bonds is 4. The van der Waals surface area contributed by atoms with Crippen LogP contribution in [0.2, 0.25) is 0 Å². The molecule has 19 heavy (non-hydrogen) atoms. The van der Waals surface area contributed by atoms with E-state index in [1.165, 1.54) is 64.2 Å². The quantitative estimate of drug-likeness (QED) is 0.613. The molecule has 2 aliphatic rings. The Morgan fingerprint density at radius 3 is 2.05 bits per heavy atom. The van der Waals surface area contributed by atoms with E-state index in [1.807, 2.05) is 0 Å². The maximum atomic E-state index is 8.58. The molecular formula is C18H29N. The molecule has 0 heterocycles. The van der Waals surface area contributed by atoms with Gasteiger partial charge in [0.25, 0.3) is 0 Å². The zero-order valence-electron chi connectivity index (χ0n) is 12.5. The monoisotopic (exact) mass is 259 g/mol. The molecule has 0 aromatic rings. The molecule has 0 atom stereocenters. The van der Waals surface area contributed by atoms with E-state index in [9.17, 15) is 0 Å². The summed E-state index contributed by atoms with van der Waals surface area (Å²) in [5, 5.41) is 8.58. The largest absolute Gasteiger partial charge is 0.193 e. The second kappa shape index (κ2) is 7.73. The van der Waals surface area contributed by atoms with Gasteiger partial charge in [-0.3, -0.25) is 0 Å². The third-order valence-corrected chi connectivity index (χ3v) is 5.51. The van der Waals surface area contributed by atoms with Crippen LogP contribution in [-0.4, -0.2) is 0 Å². The fraction of sp³-hybridized carbons (Fsp3) is 0.833. The third-order valence-electron chi connectivity index (χ3n) is 5.51. The minimum atomic E-state index is 0.687. The van der Waals surface area contributed by atoms with Crippen molar-refractivity contribution in [3.05, 3.63) is 12.2 Å². The van der Waals surface area contributed by atoms with Gasteiger partial charge in [0.05, 0.1) is 6.07 Å². The molecule has 0 radical (unpaired) electrons. The summed E-state index contributed by atoms with van der Waals surface area (Å²) in [6.45, 7) is 2.32. The molecule has 2 fully saturated rings. The van der Waals surface area contributed by atoms with Crippen molar-refractivity contribution in [2.24, 2.45) is 23.7 Å². The predicted octanol–water partition coefficient (Wildman–Crippen LogP) is 5.48. The highest BCUT2D eigenvalue weighted by Crippen LogP contribution is 2.42. The first kappa shape index (κ1) is 14.6. The number of allylic oxidation sites excluding steroid dienone is 2. The molecule has 1 nitrogen and oxygen atoms in total. The molecule has 0 aliphatic heterocycles. The van der Waals surface area contributed by atoms with Gasteiger partial charge in [-0.25, -0.2) is 0 Å². The maximum absolute atomic E-state index is 8.58. The summed E-state index contributed by atoms with van der Waals surface area (Å²) in [7, 11) is 0. The van der Waals surface area contributed by atoms with Crippen LogP contribution in [0.25, 0.3) is 0 Å². The second-order valence-electron chi connectivity index (χ2n) is 6.73. The van der Waals surface area contributed by atoms with E-state index >= 15 is 0 Å². The van der Waals surface area contributed by atoms with Crippen LogP contribution in [0.3, 0.4) is 0 Å². The van der Waals surface area contributed by atoms with Crippen molar-refractivity contribution in [3.8, 4) is 6.07 Å². The van der Waals surface area contributed by atoms with E-state index in [-0.39, 0.29) is 0 Å². The highest BCUT2D eigenvalue weighted by molar-refractivity contribution is 5.04. The third kappa shape index (κ3) is 4.37. The van der Waals surface area contributed by atoms with Gasteiger partial charge in [-0.05, 0) is 62.2 Å². The van der Waals surface area contributed by atoms with Crippen LogP contribution in [0.15, 0.2) is 12.2 Å². The lowest BCUT2D eigenvalue weighted by Crippen LogP contribution is -2.25. The molecule has 2 rings (SSSR count). The lowest BCUT2D eigenvalue weighted by molar-refractivity contribution is 0.152. The summed E-state index contributed by atoms with van der Waals surface area (Å²) in [4.78, 5) is 0. The summed E-state index contributed by atoms with van der Waals surface area (Å²) in [5.74, 6) is 3.74. The molecule has 0 aromatic carbocycles. The van der Waals surface area contributed by atoms with Gasteiger partial charge in [-0.15, -0.1) is 0 Å². The Hall–Kier alpha value is -0.770. The Morgan fingerprint density at radius 2 is 1.53 bits per heavy atom. The molecule has 0 aromatic heterocycles. The van der Waals surface area contributed by atoms with Gasteiger partial charge in [0.15, 0.2) is 0 Å². The fourth-order valence-electron chi connectivity index (χ4n) is 4.34. The molecule has 0 saturated heterocycles. The summed E-state index contributed by atoms with van der Waals surface area (Å²) in [6, 6.07) is 2.13. The van der Waals surface area contributed by atoms with Crippen LogP contribution in [0.4, 0.5) is 0 Å². The van der Waals surface area contributed by atoms with Gasteiger partial charge in [0.2, 0.25) is 0 Å². The SMILES string of the molecule is CCC[C@H]1CC[C@H](C2CCC(C=CC#N)CC2)CC1. The highest BCUT2D eigenvalue weighted by Gasteiger charge is 2.29. The van der Waals surface area contributed by atoms with Gasteiger partial charge < -0.3 is 0 Å². The van der Waals surface area contributed by atoms with Crippen molar-refractivity contribution < 1.29 is 0 Å². The Kier molecular flexibility index (Phi) is 5.95.